The number of hydrogen-bond donors (Lipinski definition) is 1. The molecule has 0 atom stereocenters. The molecule has 14 heavy (non-hydrogen) atoms. The predicted octanol–water partition coefficient (Wildman–Crippen LogP) is 2.32. The molecule has 0 fully saturated rings. The molecule has 0 saturated carbocycles. The topological polar surface area (TPSA) is 62.7 Å². The number of aromatic nitrogens is 1. The number of hydrogen-bond acceptors (Lipinski definition) is 3. The maximum Gasteiger partial charge on any atom is 0.282 e. The van der Waals surface area contributed by atoms with Crippen LogP contribution < -0.4 is 5.73 Å². The largest absolute Gasteiger partial charge is 0.397 e. The second-order valence-electron chi connectivity index (χ2n) is 2.52. The van der Waals surface area contributed by atoms with E-state index in [1.165, 1.54) is 0 Å². The smallest absolute Gasteiger partial charge is 0.282 e. The van der Waals surface area contributed by atoms with E-state index in [0.717, 1.165) is 6.20 Å². The van der Waals surface area contributed by atoms with E-state index in [2.05, 4.69) is 4.98 Å². The molecular formula is C8H6ClF2N3. The highest BCUT2D eigenvalue weighted by molar-refractivity contribution is 6.31. The molecule has 0 radical (unpaired) electrons. The zero-order valence-corrected chi connectivity index (χ0v) is 7.72. The normalized spacial score (nSPS) is 10.2. The Kier molecular flexibility index (Phi) is 3.20. The first kappa shape index (κ1) is 10.7. The van der Waals surface area contributed by atoms with Crippen molar-refractivity contribution < 1.29 is 8.78 Å². The van der Waals surface area contributed by atoms with Gasteiger partial charge in [0.05, 0.1) is 23.2 Å². The molecule has 0 aliphatic rings. The Morgan fingerprint density at radius 3 is 2.79 bits per heavy atom. The van der Waals surface area contributed by atoms with Gasteiger partial charge in [0.25, 0.3) is 6.43 Å². The van der Waals surface area contributed by atoms with Crippen LogP contribution in [0.3, 0.4) is 0 Å². The van der Waals surface area contributed by atoms with E-state index in [1.807, 2.05) is 0 Å². The molecule has 1 rings (SSSR count). The van der Waals surface area contributed by atoms with Gasteiger partial charge in [-0.2, -0.15) is 5.26 Å². The quantitative estimate of drug-likeness (QED) is 0.827. The maximum absolute atomic E-state index is 12.3. The van der Waals surface area contributed by atoms with Gasteiger partial charge in [0.2, 0.25) is 0 Å². The molecule has 0 unspecified atom stereocenters. The Balaban J connectivity index is 3.27. The van der Waals surface area contributed by atoms with Crippen molar-refractivity contribution in [3.8, 4) is 6.07 Å². The van der Waals surface area contributed by atoms with E-state index in [0.29, 0.717) is 0 Å². The van der Waals surface area contributed by atoms with E-state index >= 15 is 0 Å². The molecule has 0 aliphatic heterocycles. The van der Waals surface area contributed by atoms with Crippen molar-refractivity contribution in [2.75, 3.05) is 5.73 Å². The molecule has 3 nitrogen and oxygen atoms in total. The summed E-state index contributed by atoms with van der Waals surface area (Å²) in [4.78, 5) is 3.40. The van der Waals surface area contributed by atoms with Crippen molar-refractivity contribution in [2.45, 2.75) is 12.8 Å². The average molecular weight is 218 g/mol. The van der Waals surface area contributed by atoms with E-state index in [1.54, 1.807) is 6.07 Å². The number of anilines is 1. The number of nitrogen functional groups attached to an aromatic ring is 1. The lowest BCUT2D eigenvalue weighted by molar-refractivity contribution is 0.147. The lowest BCUT2D eigenvalue weighted by Gasteiger charge is -2.08. The van der Waals surface area contributed by atoms with E-state index in [-0.39, 0.29) is 22.7 Å². The molecule has 6 heteroatoms. The highest BCUT2D eigenvalue weighted by Gasteiger charge is 2.17. The Hall–Kier alpha value is -1.41. The molecule has 0 spiro atoms. The number of nitriles is 1. The van der Waals surface area contributed by atoms with Crippen LogP contribution in [-0.4, -0.2) is 4.98 Å². The molecule has 0 saturated heterocycles. The molecule has 2 N–H and O–H groups in total. The molecule has 0 amide bonds. The van der Waals surface area contributed by atoms with Crippen molar-refractivity contribution in [1.29, 1.82) is 5.26 Å². The summed E-state index contributed by atoms with van der Waals surface area (Å²) in [5.41, 5.74) is 4.87. The van der Waals surface area contributed by atoms with E-state index < -0.39 is 12.1 Å². The van der Waals surface area contributed by atoms with Gasteiger partial charge in [-0.05, 0) is 0 Å². The summed E-state index contributed by atoms with van der Waals surface area (Å²) in [6, 6.07) is 1.79. The molecule has 0 bridgehead atoms. The van der Waals surface area contributed by atoms with Crippen LogP contribution in [0.25, 0.3) is 0 Å². The number of halogens is 3. The second-order valence-corrected chi connectivity index (χ2v) is 2.93. The number of pyridine rings is 1. The Bertz CT molecular complexity index is 387. The van der Waals surface area contributed by atoms with Gasteiger partial charge in [0.1, 0.15) is 5.69 Å². The third-order valence-electron chi connectivity index (χ3n) is 1.67. The fraction of sp³-hybridized carbons (Fsp3) is 0.250. The highest BCUT2D eigenvalue weighted by Crippen LogP contribution is 2.29. The fourth-order valence-corrected chi connectivity index (χ4v) is 1.21. The van der Waals surface area contributed by atoms with Crippen LogP contribution >= 0.6 is 11.6 Å². The molecule has 1 aromatic heterocycles. The first-order valence-corrected chi connectivity index (χ1v) is 4.03. The molecule has 74 valence electrons. The van der Waals surface area contributed by atoms with Crippen LogP contribution in [0.1, 0.15) is 17.7 Å². The third kappa shape index (κ3) is 1.91. The van der Waals surface area contributed by atoms with Gasteiger partial charge >= 0.3 is 0 Å². The molecule has 1 aromatic rings. The number of nitrogens with zero attached hydrogens (tertiary/aromatic N) is 2. The number of alkyl halides is 2. The molecular weight excluding hydrogens is 212 g/mol. The highest BCUT2D eigenvalue weighted by atomic mass is 35.5. The Morgan fingerprint density at radius 2 is 2.29 bits per heavy atom. The summed E-state index contributed by atoms with van der Waals surface area (Å²) in [6.45, 7) is 0. The van der Waals surface area contributed by atoms with Gasteiger partial charge in [-0.25, -0.2) is 8.78 Å². The fourth-order valence-electron chi connectivity index (χ4n) is 0.990. The van der Waals surface area contributed by atoms with Crippen molar-refractivity contribution >= 4 is 17.3 Å². The predicted molar refractivity (Wildman–Crippen MR) is 47.9 cm³/mol. The van der Waals surface area contributed by atoms with Crippen LogP contribution in [0.15, 0.2) is 6.20 Å². The molecule has 0 aliphatic carbocycles. The standard InChI is InChI=1S/C8H6ClF2N3/c9-5-3-14-7(8(10)11)6(13)4(5)1-2-12/h3,8H,1,13H2. The molecule has 1 heterocycles. The second kappa shape index (κ2) is 4.20. The van der Waals surface area contributed by atoms with Gasteiger partial charge < -0.3 is 5.73 Å². The van der Waals surface area contributed by atoms with Gasteiger partial charge in [-0.1, -0.05) is 11.6 Å². The number of nitrogens with two attached hydrogens (primary N) is 1. The first-order chi connectivity index (χ1) is 6.57. The minimum atomic E-state index is -2.76. The Labute approximate surface area is 84.1 Å². The Morgan fingerprint density at radius 1 is 1.64 bits per heavy atom. The third-order valence-corrected chi connectivity index (χ3v) is 1.99. The van der Waals surface area contributed by atoms with Crippen LogP contribution in [0, 0.1) is 11.3 Å². The summed E-state index contributed by atoms with van der Waals surface area (Å²) >= 11 is 5.65. The van der Waals surface area contributed by atoms with Crippen LogP contribution in [0.4, 0.5) is 14.5 Å². The van der Waals surface area contributed by atoms with Gasteiger partial charge in [0, 0.05) is 11.8 Å². The SMILES string of the molecule is N#CCc1c(Cl)cnc(C(F)F)c1N. The summed E-state index contributed by atoms with van der Waals surface area (Å²) in [5.74, 6) is 0. The minimum Gasteiger partial charge on any atom is -0.397 e. The zero-order chi connectivity index (χ0) is 10.7. The summed E-state index contributed by atoms with van der Waals surface area (Å²) in [7, 11) is 0. The molecule has 0 aromatic carbocycles. The maximum atomic E-state index is 12.3. The van der Waals surface area contributed by atoms with Crippen molar-refractivity contribution in [2.24, 2.45) is 0 Å². The van der Waals surface area contributed by atoms with Crippen LogP contribution in [-0.2, 0) is 6.42 Å². The zero-order valence-electron chi connectivity index (χ0n) is 6.97. The lowest BCUT2D eigenvalue weighted by Crippen LogP contribution is -2.03. The average Bonchev–Trinajstić information content (AvgIpc) is 2.11. The van der Waals surface area contributed by atoms with Crippen molar-refractivity contribution in [1.82, 2.24) is 4.98 Å². The monoisotopic (exact) mass is 217 g/mol. The summed E-state index contributed by atoms with van der Waals surface area (Å²) in [5, 5.41) is 8.56. The first-order valence-electron chi connectivity index (χ1n) is 3.65. The van der Waals surface area contributed by atoms with E-state index in [4.69, 9.17) is 22.6 Å². The van der Waals surface area contributed by atoms with Gasteiger partial charge in [-0.3, -0.25) is 4.98 Å². The van der Waals surface area contributed by atoms with E-state index in [9.17, 15) is 8.78 Å². The summed E-state index contributed by atoms with van der Waals surface area (Å²) < 4.78 is 24.6. The van der Waals surface area contributed by atoms with Crippen LogP contribution in [0.5, 0.6) is 0 Å². The lowest BCUT2D eigenvalue weighted by atomic mass is 10.1. The van der Waals surface area contributed by atoms with Gasteiger partial charge in [-0.15, -0.1) is 0 Å². The summed E-state index contributed by atoms with van der Waals surface area (Å²) in [6.07, 6.45) is -1.79. The van der Waals surface area contributed by atoms with Crippen molar-refractivity contribution in [3.05, 3.63) is 22.5 Å². The number of rotatable bonds is 2. The van der Waals surface area contributed by atoms with Gasteiger partial charge in [0.15, 0.2) is 0 Å². The van der Waals surface area contributed by atoms with Crippen molar-refractivity contribution in [3.63, 3.8) is 0 Å². The van der Waals surface area contributed by atoms with Crippen LogP contribution in [0.2, 0.25) is 5.02 Å². The minimum absolute atomic E-state index is 0.104.